The molecule has 1 fully saturated rings. The second-order valence-corrected chi connectivity index (χ2v) is 10.2. The molecule has 0 heterocycles. The molecule has 1 aliphatic rings. The van der Waals surface area contributed by atoms with Crippen LogP contribution in [0.5, 0.6) is 0 Å². The summed E-state index contributed by atoms with van der Waals surface area (Å²) in [5.74, 6) is 0.0865. The van der Waals surface area contributed by atoms with Gasteiger partial charge in [-0.05, 0) is 65.8 Å². The molecule has 0 amide bonds. The summed E-state index contributed by atoms with van der Waals surface area (Å²) in [4.78, 5) is 24.1. The van der Waals surface area contributed by atoms with Crippen molar-refractivity contribution in [3.63, 3.8) is 0 Å². The van der Waals surface area contributed by atoms with E-state index in [9.17, 15) is 9.59 Å². The molecular formula is C33H42N2O3. The Bertz CT molecular complexity index is 1140. The number of esters is 1. The van der Waals surface area contributed by atoms with Crippen LogP contribution in [0.15, 0.2) is 72.8 Å². The van der Waals surface area contributed by atoms with Gasteiger partial charge in [0.25, 0.3) is 0 Å². The van der Waals surface area contributed by atoms with Gasteiger partial charge in [0.05, 0.1) is 13.0 Å². The number of nitrogens with zero attached hydrogens (tertiary/aromatic N) is 1. The van der Waals surface area contributed by atoms with Gasteiger partial charge in [-0.2, -0.15) is 0 Å². The summed E-state index contributed by atoms with van der Waals surface area (Å²) >= 11 is 0. The van der Waals surface area contributed by atoms with Gasteiger partial charge in [-0.25, -0.2) is 0 Å². The standard InChI is InChI=1S/C26H30N2O2.C7H12O/c1-19(26(29)30-4)16-21-6-5-7-25(17-21)28(3)18-20-8-10-22(11-9-20)23-12-14-24(27-2)15-13-23;8-6-7-4-2-1-3-5-7/h5-15,17,19,27H,16,18H2,1-4H3;6-7H,1-5H2. The van der Waals surface area contributed by atoms with Crippen LogP contribution in [0, 0.1) is 11.8 Å². The fourth-order valence-corrected chi connectivity index (χ4v) is 4.83. The highest BCUT2D eigenvalue weighted by Crippen LogP contribution is 2.24. The Hall–Kier alpha value is -3.60. The summed E-state index contributed by atoms with van der Waals surface area (Å²) in [6.45, 7) is 2.71. The zero-order valence-corrected chi connectivity index (χ0v) is 23.3. The second kappa shape index (κ2) is 15.0. The minimum Gasteiger partial charge on any atom is -0.469 e. The molecule has 5 heteroatoms. The number of hydrogen-bond donors (Lipinski definition) is 1. The first kappa shape index (κ1) is 29.0. The number of methoxy groups -OCH3 is 1. The van der Waals surface area contributed by atoms with Crippen LogP contribution in [-0.2, 0) is 27.3 Å². The molecule has 0 bridgehead atoms. The molecule has 1 unspecified atom stereocenters. The van der Waals surface area contributed by atoms with Crippen molar-refractivity contribution < 1.29 is 14.3 Å². The molecule has 0 aromatic heterocycles. The lowest BCUT2D eigenvalue weighted by molar-refractivity contribution is -0.144. The van der Waals surface area contributed by atoms with E-state index in [-0.39, 0.29) is 11.9 Å². The molecule has 0 saturated heterocycles. The Morgan fingerprint density at radius 3 is 2.16 bits per heavy atom. The average molecular weight is 515 g/mol. The van der Waals surface area contributed by atoms with E-state index in [0.29, 0.717) is 12.3 Å². The number of anilines is 2. The van der Waals surface area contributed by atoms with Crippen molar-refractivity contribution in [1.82, 2.24) is 0 Å². The van der Waals surface area contributed by atoms with E-state index < -0.39 is 0 Å². The molecule has 1 saturated carbocycles. The van der Waals surface area contributed by atoms with Crippen LogP contribution in [0.2, 0.25) is 0 Å². The van der Waals surface area contributed by atoms with Gasteiger partial charge in [0.2, 0.25) is 0 Å². The molecular weight excluding hydrogens is 472 g/mol. The van der Waals surface area contributed by atoms with Gasteiger partial charge in [-0.1, -0.05) is 74.7 Å². The molecule has 5 nitrogen and oxygen atoms in total. The molecule has 3 aromatic rings. The number of aldehydes is 1. The zero-order chi connectivity index (χ0) is 27.3. The Balaban J connectivity index is 0.000000427. The van der Waals surface area contributed by atoms with Crippen molar-refractivity contribution >= 4 is 23.6 Å². The van der Waals surface area contributed by atoms with Crippen molar-refractivity contribution in [2.24, 2.45) is 11.8 Å². The van der Waals surface area contributed by atoms with Crippen molar-refractivity contribution in [2.45, 2.75) is 52.0 Å². The van der Waals surface area contributed by atoms with Gasteiger partial charge in [0, 0.05) is 37.9 Å². The number of nitrogens with one attached hydrogen (secondary N) is 1. The van der Waals surface area contributed by atoms with Crippen molar-refractivity contribution in [2.75, 3.05) is 31.4 Å². The number of ether oxygens (including phenoxy) is 1. The van der Waals surface area contributed by atoms with Gasteiger partial charge in [-0.3, -0.25) is 4.79 Å². The third-order valence-corrected chi connectivity index (χ3v) is 7.22. The van der Waals surface area contributed by atoms with E-state index in [1.54, 1.807) is 0 Å². The molecule has 3 aromatic carbocycles. The van der Waals surface area contributed by atoms with Gasteiger partial charge in [0.15, 0.2) is 0 Å². The van der Waals surface area contributed by atoms with E-state index in [1.165, 1.54) is 43.1 Å². The Morgan fingerprint density at radius 1 is 0.974 bits per heavy atom. The van der Waals surface area contributed by atoms with Crippen LogP contribution < -0.4 is 10.2 Å². The topological polar surface area (TPSA) is 58.6 Å². The summed E-state index contributed by atoms with van der Waals surface area (Å²) in [6.07, 6.45) is 7.94. The fourth-order valence-electron chi connectivity index (χ4n) is 4.83. The van der Waals surface area contributed by atoms with Crippen molar-refractivity contribution in [1.29, 1.82) is 0 Å². The first-order chi connectivity index (χ1) is 18.4. The van der Waals surface area contributed by atoms with E-state index in [2.05, 4.69) is 84.0 Å². The fraction of sp³-hybridized carbons (Fsp3) is 0.394. The molecule has 0 radical (unpaired) electrons. The van der Waals surface area contributed by atoms with E-state index in [1.807, 2.05) is 20.0 Å². The highest BCUT2D eigenvalue weighted by atomic mass is 16.5. The normalized spacial score (nSPS) is 14.0. The lowest BCUT2D eigenvalue weighted by Crippen LogP contribution is -2.17. The Labute approximate surface area is 228 Å². The highest BCUT2D eigenvalue weighted by molar-refractivity contribution is 5.72. The molecule has 1 atom stereocenters. The second-order valence-electron chi connectivity index (χ2n) is 10.2. The smallest absolute Gasteiger partial charge is 0.308 e. The van der Waals surface area contributed by atoms with E-state index in [0.717, 1.165) is 42.6 Å². The minimum atomic E-state index is -0.172. The number of carbonyl (C=O) groups excluding carboxylic acids is 2. The molecule has 0 aliphatic heterocycles. The summed E-state index contributed by atoms with van der Waals surface area (Å²) in [6, 6.07) is 25.5. The lowest BCUT2D eigenvalue weighted by Gasteiger charge is -2.21. The predicted octanol–water partition coefficient (Wildman–Crippen LogP) is 7.15. The first-order valence-corrected chi connectivity index (χ1v) is 13.6. The van der Waals surface area contributed by atoms with Gasteiger partial charge in [0.1, 0.15) is 6.29 Å². The molecule has 1 N–H and O–H groups in total. The third kappa shape index (κ3) is 8.76. The molecule has 38 heavy (non-hydrogen) atoms. The first-order valence-electron chi connectivity index (χ1n) is 13.6. The zero-order valence-electron chi connectivity index (χ0n) is 23.3. The van der Waals surface area contributed by atoms with Gasteiger partial charge in [-0.15, -0.1) is 0 Å². The van der Waals surface area contributed by atoms with Crippen molar-refractivity contribution in [3.05, 3.63) is 83.9 Å². The number of carbonyl (C=O) groups is 2. The number of benzene rings is 3. The quantitative estimate of drug-likeness (QED) is 0.243. The van der Waals surface area contributed by atoms with Crippen LogP contribution in [-0.4, -0.2) is 33.5 Å². The van der Waals surface area contributed by atoms with Crippen LogP contribution in [0.25, 0.3) is 11.1 Å². The van der Waals surface area contributed by atoms with Gasteiger partial charge >= 0.3 is 5.97 Å². The Morgan fingerprint density at radius 2 is 1.61 bits per heavy atom. The molecule has 4 rings (SSSR count). The molecule has 1 aliphatic carbocycles. The summed E-state index contributed by atoms with van der Waals surface area (Å²) in [7, 11) is 5.45. The van der Waals surface area contributed by atoms with Crippen LogP contribution in [0.4, 0.5) is 11.4 Å². The van der Waals surface area contributed by atoms with Gasteiger partial charge < -0.3 is 19.7 Å². The lowest BCUT2D eigenvalue weighted by atomic mass is 9.91. The van der Waals surface area contributed by atoms with E-state index >= 15 is 0 Å². The largest absolute Gasteiger partial charge is 0.469 e. The predicted molar refractivity (Wildman–Crippen MR) is 157 cm³/mol. The number of hydrogen-bond acceptors (Lipinski definition) is 5. The monoisotopic (exact) mass is 514 g/mol. The average Bonchev–Trinajstić information content (AvgIpc) is 2.98. The van der Waals surface area contributed by atoms with Crippen LogP contribution >= 0.6 is 0 Å². The SMILES string of the molecule is CNc1ccc(-c2ccc(CN(C)c3cccc(CC(C)C(=O)OC)c3)cc2)cc1.O=CC1CCCCC1. The maximum Gasteiger partial charge on any atom is 0.308 e. The van der Waals surface area contributed by atoms with Crippen LogP contribution in [0.1, 0.15) is 50.2 Å². The highest BCUT2D eigenvalue weighted by Gasteiger charge is 2.14. The maximum atomic E-state index is 11.7. The summed E-state index contributed by atoms with van der Waals surface area (Å²) in [5.41, 5.74) is 7.06. The third-order valence-electron chi connectivity index (χ3n) is 7.22. The Kier molecular flexibility index (Phi) is 11.4. The minimum absolute atomic E-state index is 0.148. The molecule has 0 spiro atoms. The summed E-state index contributed by atoms with van der Waals surface area (Å²) in [5, 5.41) is 3.15. The number of rotatable bonds is 9. The molecule has 202 valence electrons. The van der Waals surface area contributed by atoms with Crippen molar-refractivity contribution in [3.8, 4) is 11.1 Å². The summed E-state index contributed by atoms with van der Waals surface area (Å²) < 4.78 is 4.84. The van der Waals surface area contributed by atoms with Crippen LogP contribution in [0.3, 0.4) is 0 Å². The van der Waals surface area contributed by atoms with E-state index in [4.69, 9.17) is 4.74 Å². The maximum absolute atomic E-state index is 11.7.